The van der Waals surface area contributed by atoms with Crippen molar-refractivity contribution in [1.29, 1.82) is 0 Å². The van der Waals surface area contributed by atoms with Crippen LogP contribution in [0.15, 0.2) is 0 Å². The molecule has 0 bridgehead atoms. The zero-order chi connectivity index (χ0) is 33.2. The van der Waals surface area contributed by atoms with Crippen LogP contribution in [0.2, 0.25) is 12.1 Å². The standard InChI is InChI=1S/C27H60O10S6Si2/c28-44(29,30)26-4-20-38-14-1-16-40-22-10-34-6-8-36-12-24-42-18-3-19-43-25-13-37-9-7-35-11-23-41-17-2-15-39-21-5-27-45(31,32)33/h28-33H,1-27H2. The average molecular weight is 793 g/mol. The van der Waals surface area contributed by atoms with Crippen molar-refractivity contribution in [3.8, 4) is 0 Å². The lowest BCUT2D eigenvalue weighted by Crippen LogP contribution is -2.34. The van der Waals surface area contributed by atoms with E-state index < -0.39 is 17.6 Å². The highest BCUT2D eigenvalue weighted by Crippen LogP contribution is 2.13. The monoisotopic (exact) mass is 792 g/mol. The van der Waals surface area contributed by atoms with Gasteiger partial charge >= 0.3 is 17.6 Å². The summed E-state index contributed by atoms with van der Waals surface area (Å²) < 4.78 is 22.5. The molecular weight excluding hydrogens is 733 g/mol. The van der Waals surface area contributed by atoms with E-state index in [0.29, 0.717) is 39.3 Å². The van der Waals surface area contributed by atoms with E-state index in [9.17, 15) is 0 Å². The van der Waals surface area contributed by atoms with Gasteiger partial charge in [0.1, 0.15) is 0 Å². The van der Waals surface area contributed by atoms with Crippen molar-refractivity contribution in [3.05, 3.63) is 0 Å². The first kappa shape index (κ1) is 47.1. The Morgan fingerprint density at radius 3 is 0.756 bits per heavy atom. The van der Waals surface area contributed by atoms with Gasteiger partial charge in [-0.1, -0.05) is 0 Å². The van der Waals surface area contributed by atoms with Crippen molar-refractivity contribution < 1.29 is 47.7 Å². The van der Waals surface area contributed by atoms with Crippen LogP contribution in [0.3, 0.4) is 0 Å². The van der Waals surface area contributed by atoms with E-state index in [4.69, 9.17) is 47.7 Å². The summed E-state index contributed by atoms with van der Waals surface area (Å²) in [6.45, 7) is 5.64. The first-order chi connectivity index (χ1) is 21.7. The minimum atomic E-state index is -3.84. The third-order valence-corrected chi connectivity index (χ3v) is 14.1. The topological polar surface area (TPSA) is 158 Å². The first-order valence-corrected chi connectivity index (χ1v) is 26.8. The van der Waals surface area contributed by atoms with Crippen LogP contribution in [0, 0.1) is 0 Å². The molecule has 0 atom stereocenters. The summed E-state index contributed by atoms with van der Waals surface area (Å²) >= 11 is 11.3. The number of hydrogen-bond acceptors (Lipinski definition) is 16. The van der Waals surface area contributed by atoms with Gasteiger partial charge in [0.2, 0.25) is 0 Å². The Hall–Kier alpha value is 2.13. The number of thioether (sulfide) groups is 6. The Morgan fingerprint density at radius 1 is 0.289 bits per heavy atom. The molecule has 6 N–H and O–H groups in total. The zero-order valence-corrected chi connectivity index (χ0v) is 33.8. The molecular formula is C27H60O10S6Si2. The molecule has 0 saturated heterocycles. The Morgan fingerprint density at radius 2 is 0.511 bits per heavy atom. The second-order valence-corrected chi connectivity index (χ2v) is 21.4. The molecule has 272 valence electrons. The van der Waals surface area contributed by atoms with Crippen LogP contribution in [-0.4, -0.2) is 168 Å². The van der Waals surface area contributed by atoms with Crippen LogP contribution in [0.25, 0.3) is 0 Å². The molecule has 0 saturated carbocycles. The fourth-order valence-corrected chi connectivity index (χ4v) is 10.7. The Balaban J connectivity index is 3.07. The Kier molecular flexibility index (Phi) is 37.6. The molecule has 0 fully saturated rings. The maximum Gasteiger partial charge on any atom is 0.492 e. The van der Waals surface area contributed by atoms with Crippen molar-refractivity contribution in [1.82, 2.24) is 0 Å². The first-order valence-electron chi connectivity index (χ1n) is 15.8. The maximum absolute atomic E-state index is 8.95. The maximum atomic E-state index is 8.95. The molecule has 0 heterocycles. The largest absolute Gasteiger partial charge is 0.492 e. The normalized spacial score (nSPS) is 12.4. The van der Waals surface area contributed by atoms with Gasteiger partial charge in [-0.3, -0.25) is 0 Å². The van der Waals surface area contributed by atoms with Gasteiger partial charge < -0.3 is 47.7 Å². The average Bonchev–Trinajstić information content (AvgIpc) is 2.97. The lowest BCUT2D eigenvalue weighted by atomic mass is 10.6. The van der Waals surface area contributed by atoms with Gasteiger partial charge in [-0.05, 0) is 78.1 Å². The number of rotatable bonds is 38. The van der Waals surface area contributed by atoms with Crippen molar-refractivity contribution >= 4 is 88.2 Å². The van der Waals surface area contributed by atoms with Crippen LogP contribution < -0.4 is 0 Å². The lowest BCUT2D eigenvalue weighted by Gasteiger charge is -2.08. The van der Waals surface area contributed by atoms with Crippen molar-refractivity contribution in [3.63, 3.8) is 0 Å². The van der Waals surface area contributed by atoms with Crippen molar-refractivity contribution in [2.24, 2.45) is 0 Å². The fraction of sp³-hybridized carbons (Fsp3) is 1.00. The predicted molar refractivity (Wildman–Crippen MR) is 205 cm³/mol. The molecule has 0 rings (SSSR count). The van der Waals surface area contributed by atoms with E-state index in [0.717, 1.165) is 108 Å². The van der Waals surface area contributed by atoms with Crippen molar-refractivity contribution in [2.45, 2.75) is 44.2 Å². The van der Waals surface area contributed by atoms with Gasteiger partial charge in [-0.2, -0.15) is 70.6 Å². The highest BCUT2D eigenvalue weighted by Gasteiger charge is 2.25. The van der Waals surface area contributed by atoms with Crippen LogP contribution in [0.4, 0.5) is 0 Å². The molecule has 0 aliphatic heterocycles. The van der Waals surface area contributed by atoms with Crippen LogP contribution >= 0.6 is 70.6 Å². The fourth-order valence-electron chi connectivity index (χ4n) is 3.34. The van der Waals surface area contributed by atoms with E-state index >= 15 is 0 Å². The SMILES string of the molecule is O[Si](O)(O)CCCSCCCSCCOCCOCCSCCCSCCOCCOCCSCCCSCCC[Si](O)(O)O. The summed E-state index contributed by atoms with van der Waals surface area (Å²) in [4.78, 5) is 53.7. The van der Waals surface area contributed by atoms with Gasteiger partial charge in [-0.15, -0.1) is 0 Å². The molecule has 0 spiro atoms. The summed E-state index contributed by atoms with van der Waals surface area (Å²) in [7, 11) is -7.68. The van der Waals surface area contributed by atoms with Gasteiger partial charge in [0.25, 0.3) is 0 Å². The molecule has 0 aliphatic carbocycles. The van der Waals surface area contributed by atoms with Gasteiger partial charge in [0, 0.05) is 35.1 Å². The molecule has 0 radical (unpaired) electrons. The Bertz CT molecular complexity index is 551. The van der Waals surface area contributed by atoms with E-state index in [-0.39, 0.29) is 12.1 Å². The van der Waals surface area contributed by atoms with Crippen LogP contribution in [-0.2, 0) is 18.9 Å². The molecule has 0 aliphatic rings. The summed E-state index contributed by atoms with van der Waals surface area (Å²) in [5.41, 5.74) is 0. The number of ether oxygens (including phenoxy) is 4. The number of hydrogen-bond donors (Lipinski definition) is 6. The van der Waals surface area contributed by atoms with Crippen molar-refractivity contribution in [2.75, 3.05) is 122 Å². The second-order valence-electron chi connectivity index (χ2n) is 9.94. The minimum Gasteiger partial charge on any atom is -0.390 e. The van der Waals surface area contributed by atoms with E-state index in [2.05, 4.69) is 0 Å². The lowest BCUT2D eigenvalue weighted by molar-refractivity contribution is 0.0605. The summed E-state index contributed by atoms with van der Waals surface area (Å²) in [5, 5.41) is 0. The smallest absolute Gasteiger partial charge is 0.390 e. The molecule has 10 nitrogen and oxygen atoms in total. The van der Waals surface area contributed by atoms with Crippen LogP contribution in [0.1, 0.15) is 32.1 Å². The molecule has 18 heteroatoms. The summed E-state index contributed by atoms with van der Waals surface area (Å²) in [6.07, 6.45) is 4.76. The minimum absolute atomic E-state index is 0.132. The molecule has 0 unspecified atom stereocenters. The zero-order valence-electron chi connectivity index (χ0n) is 26.9. The third-order valence-electron chi connectivity index (χ3n) is 5.57. The molecule has 0 amide bonds. The second kappa shape index (κ2) is 35.9. The highest BCUT2D eigenvalue weighted by molar-refractivity contribution is 8.00. The van der Waals surface area contributed by atoms with Gasteiger partial charge in [0.15, 0.2) is 0 Å². The molecule has 45 heavy (non-hydrogen) atoms. The predicted octanol–water partition coefficient (Wildman–Crippen LogP) is 3.23. The molecule has 0 aromatic carbocycles. The Labute approximate surface area is 300 Å². The summed E-state index contributed by atoms with van der Waals surface area (Å²) in [6, 6.07) is 0.263. The highest BCUT2D eigenvalue weighted by atomic mass is 32.2. The van der Waals surface area contributed by atoms with Gasteiger partial charge in [0.05, 0.1) is 52.9 Å². The third kappa shape index (κ3) is 46.1. The molecule has 0 aromatic rings. The van der Waals surface area contributed by atoms with E-state index in [1.54, 1.807) is 23.5 Å². The quantitative estimate of drug-likeness (QED) is 0.0400. The summed E-state index contributed by atoms with van der Waals surface area (Å²) in [5.74, 6) is 12.4. The van der Waals surface area contributed by atoms with Crippen LogP contribution in [0.5, 0.6) is 0 Å². The molecule has 0 aromatic heterocycles. The van der Waals surface area contributed by atoms with Gasteiger partial charge in [-0.25, -0.2) is 0 Å². The van der Waals surface area contributed by atoms with E-state index in [1.807, 2.05) is 47.0 Å². The van der Waals surface area contributed by atoms with E-state index in [1.165, 1.54) is 6.42 Å².